The Morgan fingerprint density at radius 3 is 2.71 bits per heavy atom. The molecule has 0 amide bonds. The van der Waals surface area contributed by atoms with Crippen molar-refractivity contribution in [1.29, 1.82) is 5.26 Å². The van der Waals surface area contributed by atoms with Crippen LogP contribution in [0.15, 0.2) is 35.4 Å². The van der Waals surface area contributed by atoms with Crippen LogP contribution < -0.4 is 5.69 Å². The van der Waals surface area contributed by atoms with E-state index in [4.69, 9.17) is 16.9 Å². The van der Waals surface area contributed by atoms with Crippen molar-refractivity contribution in [2.45, 2.75) is 6.54 Å². The number of aromatic nitrogens is 2. The van der Waals surface area contributed by atoms with Gasteiger partial charge in [0, 0.05) is 24.5 Å². The molecule has 0 aliphatic heterocycles. The van der Waals surface area contributed by atoms with Gasteiger partial charge in [-0.3, -0.25) is 4.57 Å². The van der Waals surface area contributed by atoms with E-state index in [9.17, 15) is 4.79 Å². The van der Waals surface area contributed by atoms with Crippen molar-refractivity contribution in [2.75, 3.05) is 0 Å². The van der Waals surface area contributed by atoms with Crippen LogP contribution in [0.2, 0.25) is 5.02 Å². The van der Waals surface area contributed by atoms with Crippen molar-refractivity contribution in [1.82, 2.24) is 9.13 Å². The van der Waals surface area contributed by atoms with E-state index in [0.29, 0.717) is 17.1 Å². The van der Waals surface area contributed by atoms with Gasteiger partial charge in [-0.05, 0) is 17.7 Å². The monoisotopic (exact) mass is 247 g/mol. The van der Waals surface area contributed by atoms with Gasteiger partial charge in [0.05, 0.1) is 18.2 Å². The lowest BCUT2D eigenvalue weighted by Crippen LogP contribution is -2.22. The van der Waals surface area contributed by atoms with Crippen LogP contribution in [0.3, 0.4) is 0 Å². The molecule has 0 unspecified atom stereocenters. The van der Waals surface area contributed by atoms with Crippen LogP contribution in [0.1, 0.15) is 11.1 Å². The van der Waals surface area contributed by atoms with Crippen molar-refractivity contribution < 1.29 is 0 Å². The predicted octanol–water partition coefficient (Wildman–Crippen LogP) is 1.76. The molecule has 0 saturated carbocycles. The molecular formula is C12H10ClN3O. The summed E-state index contributed by atoms with van der Waals surface area (Å²) in [5.41, 5.74) is 1.24. The molecule has 1 aromatic heterocycles. The highest BCUT2D eigenvalue weighted by Crippen LogP contribution is 2.18. The third-order valence-corrected chi connectivity index (χ3v) is 2.89. The zero-order chi connectivity index (χ0) is 12.4. The van der Waals surface area contributed by atoms with Crippen molar-refractivity contribution in [3.05, 3.63) is 57.2 Å². The van der Waals surface area contributed by atoms with E-state index >= 15 is 0 Å². The van der Waals surface area contributed by atoms with E-state index in [1.807, 2.05) is 6.07 Å². The average molecular weight is 248 g/mol. The summed E-state index contributed by atoms with van der Waals surface area (Å²) in [6.07, 6.45) is 3.40. The van der Waals surface area contributed by atoms with Gasteiger partial charge in [-0.2, -0.15) is 5.26 Å². The molecule has 4 nitrogen and oxygen atoms in total. The molecule has 0 spiro atoms. The fourth-order valence-corrected chi connectivity index (χ4v) is 1.80. The molecular weight excluding hydrogens is 238 g/mol. The first-order valence-corrected chi connectivity index (χ1v) is 5.40. The first kappa shape index (κ1) is 11.5. The summed E-state index contributed by atoms with van der Waals surface area (Å²) in [6.45, 7) is 0.407. The molecule has 0 bridgehead atoms. The summed E-state index contributed by atoms with van der Waals surface area (Å²) in [5.74, 6) is 0. The van der Waals surface area contributed by atoms with E-state index in [1.54, 1.807) is 42.2 Å². The van der Waals surface area contributed by atoms with E-state index in [-0.39, 0.29) is 5.69 Å². The Bertz CT molecular complexity index is 649. The lowest BCUT2D eigenvalue weighted by Gasteiger charge is -2.04. The maximum atomic E-state index is 11.6. The molecule has 2 aromatic rings. The Morgan fingerprint density at radius 2 is 2.18 bits per heavy atom. The molecule has 2 rings (SSSR count). The standard InChI is InChI=1S/C12H10ClN3O/c1-15-4-5-16(12(15)17)8-10-3-2-9(7-14)6-11(10)13/h2-6H,8H2,1H3. The van der Waals surface area contributed by atoms with Gasteiger partial charge in [0.15, 0.2) is 0 Å². The second kappa shape index (κ2) is 4.48. The molecule has 0 radical (unpaired) electrons. The normalized spacial score (nSPS) is 10.2. The number of nitrogens with zero attached hydrogens (tertiary/aromatic N) is 3. The van der Waals surface area contributed by atoms with Crippen LogP contribution in [-0.2, 0) is 13.6 Å². The van der Waals surface area contributed by atoms with E-state index in [0.717, 1.165) is 5.56 Å². The molecule has 1 heterocycles. The van der Waals surface area contributed by atoms with Crippen LogP contribution in [0.4, 0.5) is 0 Å². The Hall–Kier alpha value is -1.99. The van der Waals surface area contributed by atoms with Crippen molar-refractivity contribution in [3.63, 3.8) is 0 Å². The third-order valence-electron chi connectivity index (χ3n) is 2.54. The quantitative estimate of drug-likeness (QED) is 0.812. The first-order chi connectivity index (χ1) is 8.11. The molecule has 1 aromatic carbocycles. The lowest BCUT2D eigenvalue weighted by atomic mass is 10.1. The molecule has 0 N–H and O–H groups in total. The molecule has 0 saturated heterocycles. The Labute approximate surface area is 103 Å². The van der Waals surface area contributed by atoms with E-state index < -0.39 is 0 Å². The highest BCUT2D eigenvalue weighted by molar-refractivity contribution is 6.31. The fraction of sp³-hybridized carbons (Fsp3) is 0.167. The highest BCUT2D eigenvalue weighted by Gasteiger charge is 2.05. The molecule has 0 aliphatic rings. The summed E-state index contributed by atoms with van der Waals surface area (Å²) in [4.78, 5) is 11.6. The van der Waals surface area contributed by atoms with E-state index in [1.165, 1.54) is 4.57 Å². The van der Waals surface area contributed by atoms with Gasteiger partial charge >= 0.3 is 5.69 Å². The second-order valence-corrected chi connectivity index (χ2v) is 4.14. The minimum Gasteiger partial charge on any atom is -0.302 e. The largest absolute Gasteiger partial charge is 0.328 e. The molecule has 0 atom stereocenters. The van der Waals surface area contributed by atoms with Crippen molar-refractivity contribution >= 4 is 11.6 Å². The number of rotatable bonds is 2. The van der Waals surface area contributed by atoms with Gasteiger partial charge in [-0.1, -0.05) is 17.7 Å². The van der Waals surface area contributed by atoms with Crippen molar-refractivity contribution in [3.8, 4) is 6.07 Å². The predicted molar refractivity (Wildman–Crippen MR) is 64.9 cm³/mol. The molecule has 17 heavy (non-hydrogen) atoms. The fourth-order valence-electron chi connectivity index (χ4n) is 1.56. The second-order valence-electron chi connectivity index (χ2n) is 3.74. The summed E-state index contributed by atoms with van der Waals surface area (Å²) in [6, 6.07) is 7.07. The average Bonchev–Trinajstić information content (AvgIpc) is 2.63. The maximum Gasteiger partial charge on any atom is 0.328 e. The van der Waals surface area contributed by atoms with Gasteiger partial charge in [-0.15, -0.1) is 0 Å². The third kappa shape index (κ3) is 2.24. The Balaban J connectivity index is 2.34. The summed E-state index contributed by atoms with van der Waals surface area (Å²) in [7, 11) is 1.69. The topological polar surface area (TPSA) is 50.7 Å². The molecule has 86 valence electrons. The smallest absolute Gasteiger partial charge is 0.302 e. The Morgan fingerprint density at radius 1 is 1.41 bits per heavy atom. The van der Waals surface area contributed by atoms with Gasteiger partial charge in [0.25, 0.3) is 0 Å². The molecule has 5 heteroatoms. The van der Waals surface area contributed by atoms with Gasteiger partial charge in [-0.25, -0.2) is 4.79 Å². The maximum absolute atomic E-state index is 11.6. The van der Waals surface area contributed by atoms with Crippen LogP contribution in [-0.4, -0.2) is 9.13 Å². The number of imidazole rings is 1. The Kier molecular flexibility index (Phi) is 3.03. The van der Waals surface area contributed by atoms with Crippen molar-refractivity contribution in [2.24, 2.45) is 7.05 Å². The van der Waals surface area contributed by atoms with Gasteiger partial charge in [0.2, 0.25) is 0 Å². The zero-order valence-corrected chi connectivity index (χ0v) is 9.98. The SMILES string of the molecule is Cn1ccn(Cc2ccc(C#N)cc2Cl)c1=O. The molecule has 0 aliphatic carbocycles. The number of nitriles is 1. The van der Waals surface area contributed by atoms with Crippen LogP contribution in [0.25, 0.3) is 0 Å². The number of aryl methyl sites for hydroxylation is 1. The van der Waals surface area contributed by atoms with Gasteiger partial charge < -0.3 is 4.57 Å². The minimum atomic E-state index is -0.0922. The summed E-state index contributed by atoms with van der Waals surface area (Å²) in [5, 5.41) is 9.22. The minimum absolute atomic E-state index is 0.0922. The first-order valence-electron chi connectivity index (χ1n) is 5.02. The van der Waals surface area contributed by atoms with Crippen LogP contribution in [0.5, 0.6) is 0 Å². The van der Waals surface area contributed by atoms with Crippen LogP contribution in [0, 0.1) is 11.3 Å². The summed E-state index contributed by atoms with van der Waals surface area (Å²) >= 11 is 6.04. The number of benzene rings is 1. The van der Waals surface area contributed by atoms with Gasteiger partial charge in [0.1, 0.15) is 0 Å². The number of hydrogen-bond donors (Lipinski definition) is 0. The summed E-state index contributed by atoms with van der Waals surface area (Å²) < 4.78 is 3.06. The van der Waals surface area contributed by atoms with E-state index in [2.05, 4.69) is 0 Å². The number of hydrogen-bond acceptors (Lipinski definition) is 2. The lowest BCUT2D eigenvalue weighted by molar-refractivity contribution is 0.718. The number of halogens is 1. The molecule has 0 fully saturated rings. The highest BCUT2D eigenvalue weighted by atomic mass is 35.5. The zero-order valence-electron chi connectivity index (χ0n) is 9.22. The van der Waals surface area contributed by atoms with Crippen LogP contribution >= 0.6 is 11.6 Å².